The van der Waals surface area contributed by atoms with Crippen molar-refractivity contribution in [3.8, 4) is 24.3 Å². The number of alkyl halides is 12. The number of rotatable bonds is 9. The molecule has 0 aliphatic rings. The first kappa shape index (κ1) is 63.8. The number of hydrogen-bond acceptors (Lipinski definition) is 15. The van der Waals surface area contributed by atoms with Crippen LogP contribution in [-0.4, -0.2) is 77.2 Å². The summed E-state index contributed by atoms with van der Waals surface area (Å²) in [6, 6.07) is 9.91. The summed E-state index contributed by atoms with van der Waals surface area (Å²) in [6.07, 6.45) is -5.62. The van der Waals surface area contributed by atoms with Gasteiger partial charge in [0.25, 0.3) is 5.82 Å². The first-order chi connectivity index (χ1) is 33.8. The van der Waals surface area contributed by atoms with E-state index in [4.69, 9.17) is 27.4 Å². The van der Waals surface area contributed by atoms with Gasteiger partial charge in [0, 0.05) is 42.3 Å². The molecular formula is C41H39ClF12N12O4S4. The van der Waals surface area contributed by atoms with Crippen molar-refractivity contribution in [2.75, 3.05) is 24.5 Å². The Balaban J connectivity index is 0.000000343. The third kappa shape index (κ3) is 20.2. The van der Waals surface area contributed by atoms with Gasteiger partial charge in [0.1, 0.15) is 28.6 Å². The fourth-order valence-electron chi connectivity index (χ4n) is 5.42. The zero-order valence-electron chi connectivity index (χ0n) is 39.0. The summed E-state index contributed by atoms with van der Waals surface area (Å²) >= 11 is 5.63. The van der Waals surface area contributed by atoms with Gasteiger partial charge in [0.05, 0.1) is 61.9 Å². The Kier molecular flexibility index (Phi) is 22.3. The predicted octanol–water partition coefficient (Wildman–Crippen LogP) is 10.9. The minimum Gasteiger partial charge on any atom is -0.254 e. The van der Waals surface area contributed by atoms with Gasteiger partial charge < -0.3 is 0 Å². The van der Waals surface area contributed by atoms with Gasteiger partial charge in [-0.3, -0.25) is 14.2 Å². The molecule has 0 spiro atoms. The fourth-order valence-corrected chi connectivity index (χ4v) is 9.60. The van der Waals surface area contributed by atoms with E-state index in [0.29, 0.717) is 27.4 Å². The highest BCUT2D eigenvalue weighted by molar-refractivity contribution is 7.93. The van der Waals surface area contributed by atoms with Crippen molar-refractivity contribution in [3.05, 3.63) is 124 Å². The molecule has 0 saturated heterocycles. The number of aromatic nitrogens is 6. The van der Waals surface area contributed by atoms with Crippen LogP contribution in [-0.2, 0) is 64.3 Å². The second-order valence-electron chi connectivity index (χ2n) is 15.1. The topological polar surface area (TPSA) is 246 Å². The lowest BCUT2D eigenvalue weighted by Crippen LogP contribution is -2.19. The Morgan fingerprint density at radius 1 is 0.662 bits per heavy atom. The van der Waals surface area contributed by atoms with Crippen LogP contribution < -0.4 is 0 Å². The molecule has 6 atom stereocenters. The average Bonchev–Trinajstić information content (AvgIpc) is 3.77. The standard InChI is InChI=1S/C13H11F6N3OS.C10H10F3N3OS.C9H10ClN3OS.C9H8F3N3OS/c1-7-3-8(2)10(24(23)5-12(14,15)16)4-9(7)22-6-20-11(21-22)13(17,18)19;1-7(18(2,17)16-6-14)8-3-4-9(15-5-8)10(11,12)13;1-7(15(2,14)13-6-11)8-3-4-9(10)12-5-8;1-17(16,15-6-13)5-7-2-3-8(14-4-7)9(10,11)12/h3-4,6H,5H2,1-2H3;3-5,7H,1-2H3;3-5,7H,1-2H3;2-4H,5H2,1H3. The maximum atomic E-state index is 12.6. The van der Waals surface area contributed by atoms with E-state index in [1.165, 1.54) is 63.2 Å². The van der Waals surface area contributed by atoms with Crippen molar-refractivity contribution in [2.45, 2.75) is 73.5 Å². The smallest absolute Gasteiger partial charge is 0.254 e. The number of nitriles is 3. The molecule has 4 heterocycles. The molecule has 0 saturated carbocycles. The predicted molar refractivity (Wildman–Crippen MR) is 248 cm³/mol. The first-order valence-electron chi connectivity index (χ1n) is 19.8. The Bertz CT molecular complexity index is 3290. The van der Waals surface area contributed by atoms with Crippen LogP contribution in [0.1, 0.15) is 69.4 Å². The highest BCUT2D eigenvalue weighted by atomic mass is 35.5. The van der Waals surface area contributed by atoms with Crippen molar-refractivity contribution in [2.24, 2.45) is 13.1 Å². The molecule has 0 aliphatic carbocycles. The van der Waals surface area contributed by atoms with Crippen LogP contribution in [0.5, 0.6) is 0 Å². The molecule has 0 aliphatic heterocycles. The minimum absolute atomic E-state index is 0.0779. The molecule has 6 unspecified atom stereocenters. The van der Waals surface area contributed by atoms with Gasteiger partial charge in [-0.05, 0) is 79.8 Å². The number of aryl methyl sites for hydroxylation is 2. The monoisotopic (exact) mass is 1150 g/mol. The van der Waals surface area contributed by atoms with E-state index in [9.17, 15) is 69.5 Å². The zero-order valence-corrected chi connectivity index (χ0v) is 43.1. The molecule has 4 aromatic heterocycles. The summed E-state index contributed by atoms with van der Waals surface area (Å²) in [5.74, 6) is -3.02. The molecule has 33 heteroatoms. The highest BCUT2D eigenvalue weighted by Crippen LogP contribution is 2.32. The molecule has 74 heavy (non-hydrogen) atoms. The summed E-state index contributed by atoms with van der Waals surface area (Å²) in [5, 5.41) is 27.7. The molecule has 5 aromatic rings. The van der Waals surface area contributed by atoms with E-state index in [2.05, 4.69) is 38.1 Å². The third-order valence-corrected chi connectivity index (χ3v) is 16.5. The summed E-state index contributed by atoms with van der Waals surface area (Å²) in [6.45, 7) is 6.29. The first-order valence-corrected chi connectivity index (χ1v) is 27.5. The number of pyridine rings is 3. The van der Waals surface area contributed by atoms with E-state index in [1.807, 2.05) is 0 Å². The van der Waals surface area contributed by atoms with Crippen LogP contribution in [0.15, 0.2) is 91.4 Å². The number of benzene rings is 1. The van der Waals surface area contributed by atoms with Gasteiger partial charge in [-0.15, -0.1) is 18.2 Å². The molecule has 5 rings (SSSR count). The maximum absolute atomic E-state index is 12.6. The Morgan fingerprint density at radius 3 is 1.51 bits per heavy atom. The van der Waals surface area contributed by atoms with Gasteiger partial charge in [0.2, 0.25) is 18.6 Å². The quantitative estimate of drug-likeness (QED) is 0.0760. The van der Waals surface area contributed by atoms with Crippen LogP contribution in [0.2, 0.25) is 5.15 Å². The Labute approximate surface area is 423 Å². The summed E-state index contributed by atoms with van der Waals surface area (Å²) in [5.41, 5.74) is 0.284. The Morgan fingerprint density at radius 2 is 1.14 bits per heavy atom. The third-order valence-electron chi connectivity index (χ3n) is 9.33. The summed E-state index contributed by atoms with van der Waals surface area (Å²) in [7, 11) is -10.5. The van der Waals surface area contributed by atoms with E-state index in [0.717, 1.165) is 47.2 Å². The number of hydrogen-bond donors (Lipinski definition) is 0. The van der Waals surface area contributed by atoms with Crippen molar-refractivity contribution < 1.29 is 69.5 Å². The molecular weight excluding hydrogens is 1120 g/mol. The molecule has 0 N–H and O–H groups in total. The molecule has 1 aromatic carbocycles. The van der Waals surface area contributed by atoms with Crippen LogP contribution in [0, 0.1) is 48.2 Å². The second kappa shape index (κ2) is 25.8. The summed E-state index contributed by atoms with van der Waals surface area (Å²) < 4.78 is 206. The van der Waals surface area contributed by atoms with Crippen molar-refractivity contribution in [3.63, 3.8) is 0 Å². The van der Waals surface area contributed by atoms with Crippen LogP contribution in [0.3, 0.4) is 0 Å². The van der Waals surface area contributed by atoms with Crippen LogP contribution in [0.25, 0.3) is 5.69 Å². The van der Waals surface area contributed by atoms with E-state index in [1.54, 1.807) is 38.4 Å². The van der Waals surface area contributed by atoms with Gasteiger partial charge in [-0.2, -0.15) is 68.5 Å². The van der Waals surface area contributed by atoms with E-state index < -0.39 is 92.9 Å². The van der Waals surface area contributed by atoms with E-state index >= 15 is 0 Å². The molecule has 0 bridgehead atoms. The summed E-state index contributed by atoms with van der Waals surface area (Å²) in [4.78, 5) is 13.4. The molecule has 16 nitrogen and oxygen atoms in total. The lowest BCUT2D eigenvalue weighted by molar-refractivity contribution is -0.145. The van der Waals surface area contributed by atoms with E-state index in [-0.39, 0.29) is 21.6 Å². The fraction of sp³-hybridized carbons (Fsp3) is 0.366. The molecule has 402 valence electrons. The lowest BCUT2D eigenvalue weighted by atomic mass is 10.1. The Hall–Kier alpha value is -6.27. The van der Waals surface area contributed by atoms with Crippen molar-refractivity contribution >= 4 is 51.6 Å². The van der Waals surface area contributed by atoms with Gasteiger partial charge >= 0.3 is 24.7 Å². The maximum Gasteiger partial charge on any atom is 0.453 e. The molecule has 0 amide bonds. The highest BCUT2D eigenvalue weighted by Gasteiger charge is 2.37. The van der Waals surface area contributed by atoms with Crippen molar-refractivity contribution in [1.29, 1.82) is 15.8 Å². The second-order valence-corrected chi connectivity index (χ2v) is 24.6. The van der Waals surface area contributed by atoms with Gasteiger partial charge in [0.15, 0.2) is 0 Å². The molecule has 0 fully saturated rings. The lowest BCUT2D eigenvalue weighted by Gasteiger charge is -2.13. The van der Waals surface area contributed by atoms with Gasteiger partial charge in [-0.25, -0.2) is 27.3 Å². The number of nitrogens with zero attached hydrogens (tertiary/aromatic N) is 12. The zero-order chi connectivity index (χ0) is 56.8. The van der Waals surface area contributed by atoms with Crippen LogP contribution in [0.4, 0.5) is 52.7 Å². The van der Waals surface area contributed by atoms with Crippen LogP contribution >= 0.6 is 11.6 Å². The number of halogens is 13. The SMILES string of the molecule is CC(c1ccc(C(F)(F)F)nc1)S(C)(=O)=NC#N.CC(c1ccc(Cl)nc1)S(C)(=O)=NC#N.CS(=O)(Cc1ccc(C(F)(F)F)nc1)=NC#N.Cc1cc(C)c(S(=O)CC(F)(F)F)cc1-n1cnc(C(F)(F)F)n1. The minimum atomic E-state index is -4.74. The largest absolute Gasteiger partial charge is 0.453 e. The average molecular weight is 1160 g/mol. The molecule has 0 radical (unpaired) electrons. The van der Waals surface area contributed by atoms with Crippen molar-refractivity contribution in [1.82, 2.24) is 29.7 Å². The van der Waals surface area contributed by atoms with Gasteiger partial charge in [-0.1, -0.05) is 35.9 Å². The normalized spacial score (nSPS) is 15.2.